The first-order valence-electron chi connectivity index (χ1n) is 9.93. The molecule has 0 aromatic heterocycles. The molecule has 0 aliphatic rings. The van der Waals surface area contributed by atoms with Crippen molar-refractivity contribution in [3.8, 4) is 22.6 Å². The normalized spacial score (nSPS) is 10.6. The van der Waals surface area contributed by atoms with Gasteiger partial charge in [-0.3, -0.25) is 0 Å². The molecule has 0 unspecified atom stereocenters. The molecular formula is C27H21FO5. The van der Waals surface area contributed by atoms with Crippen LogP contribution in [0.4, 0.5) is 4.39 Å². The summed E-state index contributed by atoms with van der Waals surface area (Å²) in [7, 11) is 0. The fourth-order valence-electron chi connectivity index (χ4n) is 2.79. The fraction of sp³-hybridized carbons (Fsp3) is 0.0370. The van der Waals surface area contributed by atoms with Crippen LogP contribution in [-0.2, 0) is 9.59 Å². The summed E-state index contributed by atoms with van der Waals surface area (Å²) in [5.41, 5.74) is 2.59. The van der Waals surface area contributed by atoms with Gasteiger partial charge in [0, 0.05) is 11.6 Å². The van der Waals surface area contributed by atoms with Crippen molar-refractivity contribution >= 4 is 24.1 Å². The molecule has 0 radical (unpaired) electrons. The quantitative estimate of drug-likeness (QED) is 0.224. The summed E-state index contributed by atoms with van der Waals surface area (Å²) in [6, 6.07) is 18.2. The Balaban J connectivity index is 1.68. The van der Waals surface area contributed by atoms with Crippen LogP contribution < -0.4 is 9.47 Å². The maximum atomic E-state index is 14.6. The van der Waals surface area contributed by atoms with E-state index in [9.17, 15) is 14.0 Å². The number of benzene rings is 3. The molecule has 33 heavy (non-hydrogen) atoms. The van der Waals surface area contributed by atoms with E-state index in [4.69, 9.17) is 14.6 Å². The fourth-order valence-corrected chi connectivity index (χ4v) is 2.79. The monoisotopic (exact) mass is 444 g/mol. The first-order chi connectivity index (χ1) is 15.9. The van der Waals surface area contributed by atoms with Crippen LogP contribution in [0.2, 0.25) is 0 Å². The molecule has 0 fully saturated rings. The van der Waals surface area contributed by atoms with E-state index in [1.54, 1.807) is 72.8 Å². The van der Waals surface area contributed by atoms with Crippen molar-refractivity contribution in [2.75, 3.05) is 6.61 Å². The zero-order valence-electron chi connectivity index (χ0n) is 17.7. The number of rotatable bonds is 8. The second-order valence-electron chi connectivity index (χ2n) is 6.94. The molecule has 5 nitrogen and oxygen atoms in total. The van der Waals surface area contributed by atoms with E-state index in [1.165, 1.54) is 6.07 Å². The van der Waals surface area contributed by atoms with E-state index in [0.717, 1.165) is 17.2 Å². The Kier molecular flexibility index (Phi) is 7.68. The highest BCUT2D eigenvalue weighted by atomic mass is 19.1. The minimum atomic E-state index is -0.708. The lowest BCUT2D eigenvalue weighted by Gasteiger charge is -2.07. The average Bonchev–Trinajstić information content (AvgIpc) is 2.84. The maximum absolute atomic E-state index is 14.6. The lowest BCUT2D eigenvalue weighted by molar-refractivity contribution is -0.131. The third-order valence-electron chi connectivity index (χ3n) is 4.60. The van der Waals surface area contributed by atoms with Crippen molar-refractivity contribution in [3.05, 3.63) is 108 Å². The maximum Gasteiger partial charge on any atom is 0.341 e. The topological polar surface area (TPSA) is 72.8 Å². The number of hydrogen-bond donors (Lipinski definition) is 1. The molecular weight excluding hydrogens is 423 g/mol. The lowest BCUT2D eigenvalue weighted by atomic mass is 10.0. The van der Waals surface area contributed by atoms with Crippen molar-refractivity contribution in [1.29, 1.82) is 0 Å². The molecule has 3 aromatic rings. The van der Waals surface area contributed by atoms with Gasteiger partial charge in [-0.25, -0.2) is 14.0 Å². The van der Waals surface area contributed by atoms with E-state index in [1.807, 2.05) is 0 Å². The SMILES string of the molecule is C=CC(=O)Oc1ccc(/C=C/c2ccc(-c3ccc(OC(=O)C(=C)CO)cc3)cc2F)cc1. The average molecular weight is 444 g/mol. The largest absolute Gasteiger partial charge is 0.423 e. The molecule has 0 bridgehead atoms. The van der Waals surface area contributed by atoms with Gasteiger partial charge in [0.15, 0.2) is 0 Å². The second-order valence-corrected chi connectivity index (χ2v) is 6.94. The Morgan fingerprint density at radius 3 is 2.09 bits per heavy atom. The standard InChI is InChI=1S/C27H21FO5/c1-3-26(30)32-23-12-5-19(6-13-23)4-7-21-8-9-22(16-25(21)28)20-10-14-24(15-11-20)33-27(31)18(2)17-29/h3-16,29H,1-2,17H2/b7-4+. The summed E-state index contributed by atoms with van der Waals surface area (Å²) in [4.78, 5) is 22.9. The van der Waals surface area contributed by atoms with Gasteiger partial charge in [-0.15, -0.1) is 0 Å². The van der Waals surface area contributed by atoms with Crippen molar-refractivity contribution in [3.63, 3.8) is 0 Å². The molecule has 166 valence electrons. The highest BCUT2D eigenvalue weighted by Crippen LogP contribution is 2.25. The van der Waals surface area contributed by atoms with Gasteiger partial charge in [0.1, 0.15) is 17.3 Å². The summed E-state index contributed by atoms with van der Waals surface area (Å²) >= 11 is 0. The van der Waals surface area contributed by atoms with Gasteiger partial charge in [-0.1, -0.05) is 61.7 Å². The molecule has 0 spiro atoms. The number of esters is 2. The van der Waals surface area contributed by atoms with E-state index in [0.29, 0.717) is 22.6 Å². The highest BCUT2D eigenvalue weighted by Gasteiger charge is 2.09. The molecule has 0 atom stereocenters. The highest BCUT2D eigenvalue weighted by molar-refractivity contribution is 5.89. The Labute approximate surface area is 190 Å². The van der Waals surface area contributed by atoms with Crippen LogP contribution >= 0.6 is 0 Å². The molecule has 3 rings (SSSR count). The summed E-state index contributed by atoms with van der Waals surface area (Å²) in [6.07, 6.45) is 4.49. The van der Waals surface area contributed by atoms with Gasteiger partial charge in [-0.05, 0) is 47.0 Å². The van der Waals surface area contributed by atoms with Gasteiger partial charge < -0.3 is 14.6 Å². The van der Waals surface area contributed by atoms with Crippen LogP contribution in [-0.4, -0.2) is 23.7 Å². The van der Waals surface area contributed by atoms with E-state index in [-0.39, 0.29) is 5.57 Å². The zero-order valence-corrected chi connectivity index (χ0v) is 17.7. The molecule has 3 aromatic carbocycles. The molecule has 1 N–H and O–H groups in total. The van der Waals surface area contributed by atoms with Gasteiger partial charge in [-0.2, -0.15) is 0 Å². The summed E-state index contributed by atoms with van der Waals surface area (Å²) in [5, 5.41) is 8.92. The van der Waals surface area contributed by atoms with Crippen molar-refractivity contribution in [2.24, 2.45) is 0 Å². The number of carbonyl (C=O) groups excluding carboxylic acids is 2. The van der Waals surface area contributed by atoms with Crippen molar-refractivity contribution in [1.82, 2.24) is 0 Å². The van der Waals surface area contributed by atoms with Crippen LogP contribution in [0, 0.1) is 5.82 Å². The number of ether oxygens (including phenoxy) is 2. The third kappa shape index (κ3) is 6.35. The predicted molar refractivity (Wildman–Crippen MR) is 125 cm³/mol. The van der Waals surface area contributed by atoms with E-state index in [2.05, 4.69) is 13.2 Å². The molecule has 0 saturated heterocycles. The van der Waals surface area contributed by atoms with Crippen LogP contribution in [0.1, 0.15) is 11.1 Å². The Morgan fingerprint density at radius 1 is 0.879 bits per heavy atom. The van der Waals surface area contributed by atoms with Gasteiger partial charge in [0.25, 0.3) is 0 Å². The molecule has 6 heteroatoms. The number of hydrogen-bond acceptors (Lipinski definition) is 5. The molecule has 0 saturated carbocycles. The van der Waals surface area contributed by atoms with Crippen LogP contribution in [0.25, 0.3) is 23.3 Å². The van der Waals surface area contributed by atoms with Crippen LogP contribution in [0.15, 0.2) is 91.5 Å². The molecule has 0 amide bonds. The third-order valence-corrected chi connectivity index (χ3v) is 4.60. The zero-order chi connectivity index (χ0) is 23.8. The first kappa shape index (κ1) is 23.4. The molecule has 0 aliphatic heterocycles. The van der Waals surface area contributed by atoms with Gasteiger partial charge in [0.2, 0.25) is 0 Å². The Bertz CT molecular complexity index is 1210. The number of halogens is 1. The Morgan fingerprint density at radius 2 is 1.48 bits per heavy atom. The summed E-state index contributed by atoms with van der Waals surface area (Å²) in [6.45, 7) is 6.28. The smallest absolute Gasteiger partial charge is 0.341 e. The molecule has 0 aliphatic carbocycles. The van der Waals surface area contributed by atoms with Gasteiger partial charge >= 0.3 is 11.9 Å². The number of aliphatic hydroxyl groups is 1. The van der Waals surface area contributed by atoms with Crippen LogP contribution in [0.5, 0.6) is 11.5 Å². The van der Waals surface area contributed by atoms with Gasteiger partial charge in [0.05, 0.1) is 12.2 Å². The van der Waals surface area contributed by atoms with E-state index < -0.39 is 24.4 Å². The minimum Gasteiger partial charge on any atom is -0.423 e. The van der Waals surface area contributed by atoms with Crippen molar-refractivity contribution in [2.45, 2.75) is 0 Å². The number of carbonyl (C=O) groups is 2. The second kappa shape index (κ2) is 10.8. The lowest BCUT2D eigenvalue weighted by Crippen LogP contribution is -2.12. The first-order valence-corrected chi connectivity index (χ1v) is 9.93. The van der Waals surface area contributed by atoms with E-state index >= 15 is 0 Å². The van der Waals surface area contributed by atoms with Crippen molar-refractivity contribution < 1.29 is 28.6 Å². The number of aliphatic hydroxyl groups excluding tert-OH is 1. The predicted octanol–water partition coefficient (Wildman–Crippen LogP) is 5.21. The summed E-state index contributed by atoms with van der Waals surface area (Å²) < 4.78 is 24.8. The minimum absolute atomic E-state index is 0.0446. The molecule has 0 heterocycles. The van der Waals surface area contributed by atoms with Crippen LogP contribution in [0.3, 0.4) is 0 Å². The Hall–Kier alpha value is -4.29. The summed E-state index contributed by atoms with van der Waals surface area (Å²) in [5.74, 6) is -0.950.